The second kappa shape index (κ2) is 8.31. The minimum absolute atomic E-state index is 0.00589. The van der Waals surface area contributed by atoms with Gasteiger partial charge in [-0.2, -0.15) is 0 Å². The summed E-state index contributed by atoms with van der Waals surface area (Å²) in [7, 11) is 0. The zero-order chi connectivity index (χ0) is 20.4. The molecule has 2 aromatic rings. The summed E-state index contributed by atoms with van der Waals surface area (Å²) in [5.41, 5.74) is 1.61. The maximum Gasteiger partial charge on any atom is 0.270 e. The summed E-state index contributed by atoms with van der Waals surface area (Å²) in [6.45, 7) is 4.04. The standard InChI is InChI=1S/C20H16Cl2N2O3S/c1-3-27-17-8-7-13(21)9-12(17)10-14-18(25)23-20(28)24(19(14)26)16-6-4-5-15(22)11(16)2/h4-10H,3H2,1-2H3,(H,23,25,28)/b14-10-. The van der Waals surface area contributed by atoms with Gasteiger partial charge in [-0.15, -0.1) is 0 Å². The molecule has 0 spiro atoms. The molecule has 2 amide bonds. The molecule has 28 heavy (non-hydrogen) atoms. The summed E-state index contributed by atoms with van der Waals surface area (Å²) in [6, 6.07) is 10.1. The van der Waals surface area contributed by atoms with E-state index in [0.717, 1.165) is 0 Å². The Kier molecular flexibility index (Phi) is 6.03. The Morgan fingerprint density at radius 2 is 1.96 bits per heavy atom. The van der Waals surface area contributed by atoms with Crippen molar-refractivity contribution in [2.75, 3.05) is 11.5 Å². The van der Waals surface area contributed by atoms with E-state index in [1.54, 1.807) is 43.3 Å². The lowest BCUT2D eigenvalue weighted by Gasteiger charge is -2.30. The summed E-state index contributed by atoms with van der Waals surface area (Å²) >= 11 is 17.5. The van der Waals surface area contributed by atoms with Crippen molar-refractivity contribution in [3.8, 4) is 5.75 Å². The summed E-state index contributed by atoms with van der Waals surface area (Å²) < 4.78 is 5.57. The monoisotopic (exact) mass is 434 g/mol. The number of hydrogen-bond acceptors (Lipinski definition) is 4. The van der Waals surface area contributed by atoms with Crippen molar-refractivity contribution in [2.45, 2.75) is 13.8 Å². The van der Waals surface area contributed by atoms with Gasteiger partial charge in [-0.1, -0.05) is 29.3 Å². The van der Waals surface area contributed by atoms with Crippen molar-refractivity contribution in [3.05, 3.63) is 63.1 Å². The highest BCUT2D eigenvalue weighted by Crippen LogP contribution is 2.31. The van der Waals surface area contributed by atoms with Crippen molar-refractivity contribution >= 4 is 64.1 Å². The fourth-order valence-electron chi connectivity index (χ4n) is 2.79. The van der Waals surface area contributed by atoms with Crippen molar-refractivity contribution in [1.82, 2.24) is 5.32 Å². The average Bonchev–Trinajstić information content (AvgIpc) is 2.64. The van der Waals surface area contributed by atoms with E-state index in [4.69, 9.17) is 40.2 Å². The summed E-state index contributed by atoms with van der Waals surface area (Å²) in [5.74, 6) is -0.631. The molecule has 5 nitrogen and oxygen atoms in total. The molecule has 0 aromatic heterocycles. The SMILES string of the molecule is CCOc1ccc(Cl)cc1/C=C1/C(=O)NC(=S)N(c2cccc(Cl)c2C)C1=O. The van der Waals surface area contributed by atoms with Gasteiger partial charge in [0.2, 0.25) is 0 Å². The lowest BCUT2D eigenvalue weighted by Crippen LogP contribution is -2.54. The maximum absolute atomic E-state index is 13.2. The third-order valence-corrected chi connectivity index (χ3v) is 5.08. The first-order valence-corrected chi connectivity index (χ1v) is 9.58. The van der Waals surface area contributed by atoms with Gasteiger partial charge in [0.05, 0.1) is 12.3 Å². The molecule has 144 valence electrons. The van der Waals surface area contributed by atoms with E-state index in [1.165, 1.54) is 11.0 Å². The highest BCUT2D eigenvalue weighted by molar-refractivity contribution is 7.80. The first-order chi connectivity index (χ1) is 13.3. The highest BCUT2D eigenvalue weighted by Gasteiger charge is 2.35. The number of benzene rings is 2. The molecule has 3 rings (SSSR count). The molecule has 1 fully saturated rings. The smallest absolute Gasteiger partial charge is 0.270 e. The van der Waals surface area contributed by atoms with Crippen LogP contribution in [0.2, 0.25) is 10.0 Å². The van der Waals surface area contributed by atoms with Crippen molar-refractivity contribution in [3.63, 3.8) is 0 Å². The van der Waals surface area contributed by atoms with E-state index in [2.05, 4.69) is 5.32 Å². The first-order valence-electron chi connectivity index (χ1n) is 8.42. The second-order valence-electron chi connectivity index (χ2n) is 5.96. The van der Waals surface area contributed by atoms with E-state index in [1.807, 2.05) is 6.92 Å². The normalized spacial score (nSPS) is 15.8. The molecular formula is C20H16Cl2N2O3S. The summed E-state index contributed by atoms with van der Waals surface area (Å²) in [4.78, 5) is 26.9. The van der Waals surface area contributed by atoms with Gasteiger partial charge < -0.3 is 4.74 Å². The molecule has 0 aliphatic carbocycles. The number of amides is 2. The number of carbonyl (C=O) groups is 2. The Labute approximate surface area is 177 Å². The van der Waals surface area contributed by atoms with Crippen LogP contribution in [0.5, 0.6) is 5.75 Å². The Morgan fingerprint density at radius 1 is 1.21 bits per heavy atom. The lowest BCUT2D eigenvalue weighted by atomic mass is 10.1. The lowest BCUT2D eigenvalue weighted by molar-refractivity contribution is -0.122. The molecular weight excluding hydrogens is 419 g/mol. The van der Waals surface area contributed by atoms with Crippen molar-refractivity contribution in [1.29, 1.82) is 0 Å². The third-order valence-electron chi connectivity index (χ3n) is 4.15. The Bertz CT molecular complexity index is 1020. The molecule has 1 saturated heterocycles. The maximum atomic E-state index is 13.2. The van der Waals surface area contributed by atoms with Crippen LogP contribution in [0.1, 0.15) is 18.1 Å². The predicted octanol–water partition coefficient (Wildman–Crippen LogP) is 4.53. The number of ether oxygens (including phenoxy) is 1. The second-order valence-corrected chi connectivity index (χ2v) is 7.19. The number of halogens is 2. The molecule has 2 aromatic carbocycles. The van der Waals surface area contributed by atoms with E-state index in [-0.39, 0.29) is 10.7 Å². The molecule has 1 N–H and O–H groups in total. The molecule has 0 unspecified atom stereocenters. The third kappa shape index (κ3) is 3.90. The van der Waals surface area contributed by atoms with Crippen LogP contribution in [-0.4, -0.2) is 23.5 Å². The Morgan fingerprint density at radius 3 is 2.68 bits per heavy atom. The van der Waals surface area contributed by atoms with E-state index in [9.17, 15) is 9.59 Å². The van der Waals surface area contributed by atoms with Crippen LogP contribution in [0.4, 0.5) is 5.69 Å². The minimum Gasteiger partial charge on any atom is -0.493 e. The zero-order valence-electron chi connectivity index (χ0n) is 15.1. The van der Waals surface area contributed by atoms with Crippen LogP contribution in [-0.2, 0) is 9.59 Å². The van der Waals surface area contributed by atoms with Gasteiger partial charge in [-0.05, 0) is 68.0 Å². The Balaban J connectivity index is 2.10. The molecule has 0 atom stereocenters. The van der Waals surface area contributed by atoms with Crippen LogP contribution < -0.4 is 15.0 Å². The van der Waals surface area contributed by atoms with Gasteiger partial charge in [-0.25, -0.2) is 0 Å². The van der Waals surface area contributed by atoms with Crippen LogP contribution in [0.3, 0.4) is 0 Å². The first kappa shape index (κ1) is 20.3. The number of nitrogens with zero attached hydrogens (tertiary/aromatic N) is 1. The fraction of sp³-hybridized carbons (Fsp3) is 0.150. The van der Waals surface area contributed by atoms with E-state index in [0.29, 0.717) is 39.2 Å². The molecule has 1 aliphatic heterocycles. The van der Waals surface area contributed by atoms with E-state index >= 15 is 0 Å². The van der Waals surface area contributed by atoms with Crippen molar-refractivity contribution < 1.29 is 14.3 Å². The summed E-state index contributed by atoms with van der Waals surface area (Å²) in [6.07, 6.45) is 1.45. The quantitative estimate of drug-likeness (QED) is 0.436. The molecule has 1 heterocycles. The summed E-state index contributed by atoms with van der Waals surface area (Å²) in [5, 5.41) is 3.49. The molecule has 0 radical (unpaired) electrons. The van der Waals surface area contributed by atoms with Gasteiger partial charge in [-0.3, -0.25) is 19.8 Å². The minimum atomic E-state index is -0.589. The van der Waals surface area contributed by atoms with E-state index < -0.39 is 11.8 Å². The molecule has 0 bridgehead atoms. The number of carbonyl (C=O) groups excluding carboxylic acids is 2. The van der Waals surface area contributed by atoms with Gasteiger partial charge in [0.1, 0.15) is 11.3 Å². The number of rotatable bonds is 4. The van der Waals surface area contributed by atoms with Gasteiger partial charge >= 0.3 is 0 Å². The number of thiocarbonyl (C=S) groups is 1. The van der Waals surface area contributed by atoms with Gasteiger partial charge in [0.15, 0.2) is 5.11 Å². The van der Waals surface area contributed by atoms with Crippen LogP contribution in [0.25, 0.3) is 6.08 Å². The molecule has 8 heteroatoms. The molecule has 0 saturated carbocycles. The highest BCUT2D eigenvalue weighted by atomic mass is 35.5. The van der Waals surface area contributed by atoms with Crippen LogP contribution in [0, 0.1) is 6.92 Å². The fourth-order valence-corrected chi connectivity index (χ4v) is 3.41. The average molecular weight is 435 g/mol. The number of hydrogen-bond donors (Lipinski definition) is 1. The van der Waals surface area contributed by atoms with Gasteiger partial charge in [0, 0.05) is 15.6 Å². The topological polar surface area (TPSA) is 58.6 Å². The number of anilines is 1. The zero-order valence-corrected chi connectivity index (χ0v) is 17.4. The Hall–Kier alpha value is -2.41. The predicted molar refractivity (Wildman–Crippen MR) is 115 cm³/mol. The van der Waals surface area contributed by atoms with Crippen LogP contribution in [0.15, 0.2) is 42.0 Å². The molecule has 1 aliphatic rings. The number of nitrogens with one attached hydrogen (secondary N) is 1. The van der Waals surface area contributed by atoms with Gasteiger partial charge in [0.25, 0.3) is 11.8 Å². The van der Waals surface area contributed by atoms with Crippen LogP contribution >= 0.6 is 35.4 Å². The van der Waals surface area contributed by atoms with Crippen molar-refractivity contribution in [2.24, 2.45) is 0 Å². The largest absolute Gasteiger partial charge is 0.493 e.